The minimum Gasteiger partial charge on any atom is -0.480 e. The van der Waals surface area contributed by atoms with Crippen LogP contribution in [0, 0.1) is 11.3 Å². The molecule has 0 bridgehead atoms. The molecule has 1 fully saturated rings. The summed E-state index contributed by atoms with van der Waals surface area (Å²) in [6, 6.07) is 6.61. The van der Waals surface area contributed by atoms with Crippen molar-refractivity contribution >= 4 is 16.0 Å². The minimum atomic E-state index is -3.97. The topological polar surface area (TPSA) is 98.5 Å². The molecule has 0 radical (unpaired) electrons. The van der Waals surface area contributed by atoms with Crippen molar-refractivity contribution in [2.45, 2.75) is 30.2 Å². The Bertz CT molecular complexity index is 663. The molecule has 1 aliphatic rings. The smallest absolute Gasteiger partial charge is 0.322 e. The van der Waals surface area contributed by atoms with Crippen LogP contribution in [0.1, 0.15) is 24.8 Å². The van der Waals surface area contributed by atoms with Gasteiger partial charge in [-0.15, -0.1) is 0 Å². The summed E-state index contributed by atoms with van der Waals surface area (Å²) >= 11 is 0. The minimum absolute atomic E-state index is 0.0298. The maximum absolute atomic E-state index is 12.6. The average Bonchev–Trinajstić information content (AvgIpc) is 2.47. The molecule has 6 nitrogen and oxygen atoms in total. The van der Waals surface area contributed by atoms with Crippen LogP contribution in [0.25, 0.3) is 0 Å². The highest BCUT2D eigenvalue weighted by atomic mass is 32.2. The van der Waals surface area contributed by atoms with Gasteiger partial charge in [-0.05, 0) is 31.4 Å². The molecule has 0 unspecified atom stereocenters. The second-order valence-electron chi connectivity index (χ2n) is 4.57. The van der Waals surface area contributed by atoms with Crippen LogP contribution in [0.4, 0.5) is 0 Å². The number of benzene rings is 1. The number of sulfonamides is 1. The molecule has 1 N–H and O–H groups in total. The lowest BCUT2D eigenvalue weighted by Gasteiger charge is -2.32. The molecular formula is C13H14N2O4S. The van der Waals surface area contributed by atoms with Crippen molar-refractivity contribution in [1.82, 2.24) is 4.31 Å². The van der Waals surface area contributed by atoms with Gasteiger partial charge in [-0.3, -0.25) is 4.79 Å². The first-order chi connectivity index (χ1) is 9.48. The molecule has 106 valence electrons. The Morgan fingerprint density at radius 1 is 1.35 bits per heavy atom. The van der Waals surface area contributed by atoms with Gasteiger partial charge in [-0.2, -0.15) is 9.57 Å². The van der Waals surface area contributed by atoms with Gasteiger partial charge in [0.15, 0.2) is 0 Å². The number of nitrogens with zero attached hydrogens (tertiary/aromatic N) is 2. The van der Waals surface area contributed by atoms with E-state index in [1.165, 1.54) is 18.2 Å². The third kappa shape index (κ3) is 2.53. The molecule has 0 aromatic heterocycles. The highest BCUT2D eigenvalue weighted by Crippen LogP contribution is 2.27. The lowest BCUT2D eigenvalue weighted by Crippen LogP contribution is -2.47. The number of rotatable bonds is 3. The van der Waals surface area contributed by atoms with Crippen LogP contribution in [-0.4, -0.2) is 36.4 Å². The summed E-state index contributed by atoms with van der Waals surface area (Å²) in [6.07, 6.45) is 1.60. The molecule has 0 aliphatic carbocycles. The third-order valence-electron chi connectivity index (χ3n) is 3.33. The molecule has 0 spiro atoms. The van der Waals surface area contributed by atoms with Crippen molar-refractivity contribution in [3.8, 4) is 6.07 Å². The van der Waals surface area contributed by atoms with E-state index in [4.69, 9.17) is 5.26 Å². The van der Waals surface area contributed by atoms with Gasteiger partial charge in [0, 0.05) is 6.54 Å². The predicted octanol–water partition coefficient (Wildman–Crippen LogP) is 1.19. The fourth-order valence-electron chi connectivity index (χ4n) is 2.35. The fraction of sp³-hybridized carbons (Fsp3) is 0.385. The number of aliphatic carboxylic acids is 1. The largest absolute Gasteiger partial charge is 0.480 e. The quantitative estimate of drug-likeness (QED) is 0.902. The SMILES string of the molecule is N#Cc1ccccc1S(=O)(=O)N1CCCC[C@H]1C(=O)O. The normalized spacial score (nSPS) is 20.2. The van der Waals surface area contributed by atoms with Crippen LogP contribution in [0.5, 0.6) is 0 Å². The van der Waals surface area contributed by atoms with E-state index in [1.54, 1.807) is 6.07 Å². The van der Waals surface area contributed by atoms with Gasteiger partial charge in [-0.1, -0.05) is 12.1 Å². The Morgan fingerprint density at radius 2 is 2.05 bits per heavy atom. The summed E-state index contributed by atoms with van der Waals surface area (Å²) in [6.45, 7) is 0.166. The highest BCUT2D eigenvalue weighted by Gasteiger charge is 2.38. The maximum atomic E-state index is 12.6. The van der Waals surface area contributed by atoms with Gasteiger partial charge in [0.1, 0.15) is 12.1 Å². The zero-order chi connectivity index (χ0) is 14.8. The number of piperidine rings is 1. The number of hydrogen-bond acceptors (Lipinski definition) is 4. The molecule has 2 rings (SSSR count). The van der Waals surface area contributed by atoms with Crippen molar-refractivity contribution in [3.63, 3.8) is 0 Å². The van der Waals surface area contributed by atoms with E-state index in [2.05, 4.69) is 0 Å². The van der Waals surface area contributed by atoms with Crippen LogP contribution in [0.2, 0.25) is 0 Å². The molecule has 0 amide bonds. The standard InChI is InChI=1S/C13H14N2O4S/c14-9-10-5-1-2-7-12(10)20(18,19)15-8-4-3-6-11(15)13(16)17/h1-2,5,7,11H,3-4,6,8H2,(H,16,17)/t11-/m0/s1. The van der Waals surface area contributed by atoms with Gasteiger partial charge in [0.05, 0.1) is 10.5 Å². The zero-order valence-electron chi connectivity index (χ0n) is 10.7. The van der Waals surface area contributed by atoms with E-state index in [0.717, 1.165) is 4.31 Å². The van der Waals surface area contributed by atoms with Gasteiger partial charge in [0.2, 0.25) is 10.0 Å². The van der Waals surface area contributed by atoms with Gasteiger partial charge in [0.25, 0.3) is 0 Å². The van der Waals surface area contributed by atoms with Crippen molar-refractivity contribution in [2.75, 3.05) is 6.54 Å². The summed E-state index contributed by atoms with van der Waals surface area (Å²) in [4.78, 5) is 11.1. The molecule has 0 saturated carbocycles. The second-order valence-corrected chi connectivity index (χ2v) is 6.43. The summed E-state index contributed by atoms with van der Waals surface area (Å²) in [5.74, 6) is -1.15. The monoisotopic (exact) mass is 294 g/mol. The predicted molar refractivity (Wildman–Crippen MR) is 70.3 cm³/mol. The molecule has 7 heteroatoms. The fourth-order valence-corrected chi connectivity index (χ4v) is 4.14. The first-order valence-corrected chi connectivity index (χ1v) is 7.66. The van der Waals surface area contributed by atoms with Gasteiger partial charge >= 0.3 is 5.97 Å². The Kier molecular flexibility index (Phi) is 4.06. The van der Waals surface area contributed by atoms with Gasteiger partial charge in [-0.25, -0.2) is 8.42 Å². The maximum Gasteiger partial charge on any atom is 0.322 e. The second kappa shape index (κ2) is 5.61. The van der Waals surface area contributed by atoms with Crippen molar-refractivity contribution in [3.05, 3.63) is 29.8 Å². The van der Waals surface area contributed by atoms with E-state index >= 15 is 0 Å². The number of carboxylic acids is 1. The Hall–Kier alpha value is -1.91. The summed E-state index contributed by atoms with van der Waals surface area (Å²) in [5.41, 5.74) is 0.0298. The molecule has 20 heavy (non-hydrogen) atoms. The van der Waals surface area contributed by atoms with E-state index in [1.807, 2.05) is 6.07 Å². The molecule has 1 aromatic rings. The first kappa shape index (κ1) is 14.5. The van der Waals surface area contributed by atoms with Crippen LogP contribution < -0.4 is 0 Å². The number of nitriles is 1. The molecule has 1 aromatic carbocycles. The molecule has 1 heterocycles. The Balaban J connectivity index is 2.48. The third-order valence-corrected chi connectivity index (χ3v) is 5.30. The molecule has 1 atom stereocenters. The molecule has 1 saturated heterocycles. The number of carboxylic acid groups (broad SMARTS) is 1. The average molecular weight is 294 g/mol. The molecule has 1 aliphatic heterocycles. The highest BCUT2D eigenvalue weighted by molar-refractivity contribution is 7.89. The molecular weight excluding hydrogens is 280 g/mol. The number of carbonyl (C=O) groups is 1. The van der Waals surface area contributed by atoms with Crippen LogP contribution in [-0.2, 0) is 14.8 Å². The Morgan fingerprint density at radius 3 is 2.70 bits per heavy atom. The summed E-state index contributed by atoms with van der Waals surface area (Å²) < 4.78 is 26.2. The van der Waals surface area contributed by atoms with Crippen molar-refractivity contribution in [1.29, 1.82) is 5.26 Å². The van der Waals surface area contributed by atoms with Crippen LogP contribution in [0.3, 0.4) is 0 Å². The lowest BCUT2D eigenvalue weighted by atomic mass is 10.1. The Labute approximate surface area is 117 Å². The summed E-state index contributed by atoms with van der Waals surface area (Å²) in [7, 11) is -3.97. The van der Waals surface area contributed by atoms with E-state index in [9.17, 15) is 18.3 Å². The van der Waals surface area contributed by atoms with E-state index in [-0.39, 0.29) is 17.0 Å². The lowest BCUT2D eigenvalue weighted by molar-refractivity contribution is -0.142. The van der Waals surface area contributed by atoms with Crippen molar-refractivity contribution < 1.29 is 18.3 Å². The van der Waals surface area contributed by atoms with E-state index < -0.39 is 22.0 Å². The van der Waals surface area contributed by atoms with Crippen LogP contribution in [0.15, 0.2) is 29.2 Å². The zero-order valence-corrected chi connectivity index (χ0v) is 11.5. The van der Waals surface area contributed by atoms with Crippen LogP contribution >= 0.6 is 0 Å². The summed E-state index contributed by atoms with van der Waals surface area (Å²) in [5, 5.41) is 18.2. The number of hydrogen-bond donors (Lipinski definition) is 1. The van der Waals surface area contributed by atoms with Gasteiger partial charge < -0.3 is 5.11 Å². The first-order valence-electron chi connectivity index (χ1n) is 6.22. The van der Waals surface area contributed by atoms with E-state index in [0.29, 0.717) is 19.3 Å². The van der Waals surface area contributed by atoms with Crippen molar-refractivity contribution in [2.24, 2.45) is 0 Å².